The molecule has 0 aliphatic carbocycles. The van der Waals surface area contributed by atoms with Crippen LogP contribution in [-0.2, 0) is 6.42 Å². The van der Waals surface area contributed by atoms with E-state index in [0.29, 0.717) is 6.04 Å². The number of hydrogen-bond acceptors (Lipinski definition) is 4. The van der Waals surface area contributed by atoms with E-state index < -0.39 is 0 Å². The van der Waals surface area contributed by atoms with Gasteiger partial charge in [-0.05, 0) is 49.6 Å². The summed E-state index contributed by atoms with van der Waals surface area (Å²) in [6, 6.07) is 18.4. The van der Waals surface area contributed by atoms with Crippen molar-refractivity contribution in [1.29, 1.82) is 0 Å². The van der Waals surface area contributed by atoms with Crippen LogP contribution < -0.4 is 15.4 Å². The molecule has 1 aliphatic heterocycles. The maximum Gasteiger partial charge on any atom is 0.191 e. The standard InChI is InChI=1S/C19H23N3O/c1-15(22-19-20-11-6-12-21-19)13-16-7-5-10-18(14-16)23-17-8-3-2-4-9-17/h2-5,7-10,14-15H,6,11-13H2,1H3,(H2,20,21,22). The first-order chi connectivity index (χ1) is 11.3. The fourth-order valence-electron chi connectivity index (χ4n) is 2.63. The van der Waals surface area contributed by atoms with Gasteiger partial charge in [0, 0.05) is 19.1 Å². The SMILES string of the molecule is CC(Cc1cccc(Oc2ccccc2)c1)NC1=NCCCN1. The van der Waals surface area contributed by atoms with E-state index in [0.717, 1.165) is 43.4 Å². The van der Waals surface area contributed by atoms with Crippen molar-refractivity contribution in [3.63, 3.8) is 0 Å². The average Bonchev–Trinajstić information content (AvgIpc) is 2.57. The molecule has 0 bridgehead atoms. The molecule has 1 heterocycles. The van der Waals surface area contributed by atoms with E-state index in [1.165, 1.54) is 5.56 Å². The van der Waals surface area contributed by atoms with Crippen LogP contribution in [0.3, 0.4) is 0 Å². The van der Waals surface area contributed by atoms with Crippen LogP contribution in [0.1, 0.15) is 18.9 Å². The molecule has 0 amide bonds. The fraction of sp³-hybridized carbons (Fsp3) is 0.316. The number of nitrogens with one attached hydrogen (secondary N) is 2. The predicted molar refractivity (Wildman–Crippen MR) is 94.2 cm³/mol. The summed E-state index contributed by atoms with van der Waals surface area (Å²) < 4.78 is 5.89. The molecule has 0 fully saturated rings. The van der Waals surface area contributed by atoms with Crippen molar-refractivity contribution in [2.45, 2.75) is 25.8 Å². The van der Waals surface area contributed by atoms with Crippen molar-refractivity contribution in [3.05, 3.63) is 60.2 Å². The number of aliphatic imine (C=N–C) groups is 1. The molecule has 0 radical (unpaired) electrons. The van der Waals surface area contributed by atoms with Crippen LogP contribution in [0, 0.1) is 0 Å². The van der Waals surface area contributed by atoms with Gasteiger partial charge in [-0.1, -0.05) is 30.3 Å². The molecule has 1 atom stereocenters. The summed E-state index contributed by atoms with van der Waals surface area (Å²) >= 11 is 0. The molecule has 120 valence electrons. The van der Waals surface area contributed by atoms with Crippen LogP contribution in [0.25, 0.3) is 0 Å². The van der Waals surface area contributed by atoms with Crippen LogP contribution >= 0.6 is 0 Å². The molecule has 4 nitrogen and oxygen atoms in total. The number of benzene rings is 2. The molecule has 0 spiro atoms. The van der Waals surface area contributed by atoms with E-state index in [1.54, 1.807) is 0 Å². The molecule has 4 heteroatoms. The van der Waals surface area contributed by atoms with Crippen LogP contribution in [0.4, 0.5) is 0 Å². The van der Waals surface area contributed by atoms with Gasteiger partial charge in [0.2, 0.25) is 0 Å². The van der Waals surface area contributed by atoms with Crippen molar-refractivity contribution < 1.29 is 4.74 Å². The third-order valence-electron chi connectivity index (χ3n) is 3.70. The summed E-state index contributed by atoms with van der Waals surface area (Å²) in [5.41, 5.74) is 1.25. The number of rotatable bonds is 5. The van der Waals surface area contributed by atoms with Gasteiger partial charge in [0.15, 0.2) is 5.96 Å². The van der Waals surface area contributed by atoms with Gasteiger partial charge in [-0.3, -0.25) is 4.99 Å². The first-order valence-electron chi connectivity index (χ1n) is 8.16. The third kappa shape index (κ3) is 4.74. The van der Waals surface area contributed by atoms with E-state index >= 15 is 0 Å². The molecule has 0 aromatic heterocycles. The number of guanidine groups is 1. The highest BCUT2D eigenvalue weighted by Crippen LogP contribution is 2.22. The van der Waals surface area contributed by atoms with Crippen LogP contribution in [0.15, 0.2) is 59.6 Å². The Bertz CT molecular complexity index is 655. The lowest BCUT2D eigenvalue weighted by atomic mass is 10.1. The highest BCUT2D eigenvalue weighted by molar-refractivity contribution is 5.80. The minimum absolute atomic E-state index is 0.311. The van der Waals surface area contributed by atoms with E-state index in [1.807, 2.05) is 42.5 Å². The summed E-state index contributed by atoms with van der Waals surface area (Å²) in [6.07, 6.45) is 2.03. The number of nitrogens with zero attached hydrogens (tertiary/aromatic N) is 1. The summed E-state index contributed by atoms with van der Waals surface area (Å²) in [7, 11) is 0. The monoisotopic (exact) mass is 309 g/mol. The molecule has 1 aliphatic rings. The van der Waals surface area contributed by atoms with Crippen molar-refractivity contribution in [1.82, 2.24) is 10.6 Å². The second-order valence-electron chi connectivity index (χ2n) is 5.82. The Morgan fingerprint density at radius 2 is 1.96 bits per heavy atom. The Morgan fingerprint density at radius 1 is 1.13 bits per heavy atom. The van der Waals surface area contributed by atoms with Gasteiger partial charge < -0.3 is 15.4 Å². The summed E-state index contributed by atoms with van der Waals surface area (Å²) in [4.78, 5) is 4.45. The van der Waals surface area contributed by atoms with Crippen molar-refractivity contribution in [2.75, 3.05) is 13.1 Å². The van der Waals surface area contributed by atoms with Gasteiger partial charge in [0.25, 0.3) is 0 Å². The highest BCUT2D eigenvalue weighted by atomic mass is 16.5. The molecular weight excluding hydrogens is 286 g/mol. The molecule has 0 saturated heterocycles. The highest BCUT2D eigenvalue weighted by Gasteiger charge is 2.09. The zero-order chi connectivity index (χ0) is 15.9. The van der Waals surface area contributed by atoms with Gasteiger partial charge in [-0.15, -0.1) is 0 Å². The molecule has 2 aromatic carbocycles. The van der Waals surface area contributed by atoms with E-state index in [9.17, 15) is 0 Å². The minimum Gasteiger partial charge on any atom is -0.457 e. The lowest BCUT2D eigenvalue weighted by Gasteiger charge is -2.21. The normalized spacial score (nSPS) is 15.3. The van der Waals surface area contributed by atoms with E-state index in [4.69, 9.17) is 4.74 Å². The molecule has 1 unspecified atom stereocenters. The molecule has 23 heavy (non-hydrogen) atoms. The average molecular weight is 309 g/mol. The predicted octanol–water partition coefficient (Wildman–Crippen LogP) is 3.35. The van der Waals surface area contributed by atoms with Crippen LogP contribution in [-0.4, -0.2) is 25.1 Å². The first-order valence-corrected chi connectivity index (χ1v) is 8.16. The zero-order valence-electron chi connectivity index (χ0n) is 13.5. The van der Waals surface area contributed by atoms with Crippen LogP contribution in [0.2, 0.25) is 0 Å². The molecule has 2 aromatic rings. The van der Waals surface area contributed by atoms with Crippen molar-refractivity contribution >= 4 is 5.96 Å². The molecular formula is C19H23N3O. The maximum atomic E-state index is 5.89. The van der Waals surface area contributed by atoms with E-state index in [-0.39, 0.29) is 0 Å². The number of para-hydroxylation sites is 1. The second kappa shape index (κ2) is 7.68. The summed E-state index contributed by atoms with van der Waals surface area (Å²) in [5.74, 6) is 2.64. The van der Waals surface area contributed by atoms with Gasteiger partial charge in [-0.2, -0.15) is 0 Å². The van der Waals surface area contributed by atoms with E-state index in [2.05, 4.69) is 34.7 Å². The Balaban J connectivity index is 1.59. The van der Waals surface area contributed by atoms with Gasteiger partial charge in [0.05, 0.1) is 0 Å². The Hall–Kier alpha value is -2.49. The lowest BCUT2D eigenvalue weighted by molar-refractivity contribution is 0.481. The summed E-state index contributed by atoms with van der Waals surface area (Å²) in [6.45, 7) is 4.07. The third-order valence-corrected chi connectivity index (χ3v) is 3.70. The Kier molecular flexibility index (Phi) is 5.14. The maximum absolute atomic E-state index is 5.89. The number of hydrogen-bond donors (Lipinski definition) is 2. The largest absolute Gasteiger partial charge is 0.457 e. The molecule has 3 rings (SSSR count). The van der Waals surface area contributed by atoms with Gasteiger partial charge in [-0.25, -0.2) is 0 Å². The first kappa shape index (κ1) is 15.4. The van der Waals surface area contributed by atoms with Crippen molar-refractivity contribution in [2.24, 2.45) is 4.99 Å². The second-order valence-corrected chi connectivity index (χ2v) is 5.82. The Labute approximate surface area is 137 Å². The fourth-order valence-corrected chi connectivity index (χ4v) is 2.63. The van der Waals surface area contributed by atoms with Gasteiger partial charge >= 0.3 is 0 Å². The lowest BCUT2D eigenvalue weighted by Crippen LogP contribution is -2.45. The van der Waals surface area contributed by atoms with Crippen molar-refractivity contribution in [3.8, 4) is 11.5 Å². The Morgan fingerprint density at radius 3 is 2.74 bits per heavy atom. The smallest absolute Gasteiger partial charge is 0.191 e. The number of ether oxygens (including phenoxy) is 1. The quantitative estimate of drug-likeness (QED) is 0.890. The molecule has 0 saturated carbocycles. The van der Waals surface area contributed by atoms with Crippen LogP contribution in [0.5, 0.6) is 11.5 Å². The summed E-state index contributed by atoms with van der Waals surface area (Å²) in [5, 5.41) is 6.73. The minimum atomic E-state index is 0.311. The zero-order valence-corrected chi connectivity index (χ0v) is 13.5. The molecule has 2 N–H and O–H groups in total. The topological polar surface area (TPSA) is 45.6 Å². The van der Waals surface area contributed by atoms with Gasteiger partial charge in [0.1, 0.15) is 11.5 Å².